The molecule has 0 spiro atoms. The van der Waals surface area contributed by atoms with Crippen molar-refractivity contribution in [3.63, 3.8) is 0 Å². The summed E-state index contributed by atoms with van der Waals surface area (Å²) in [7, 11) is 1.59. The molecule has 4 heterocycles. The van der Waals surface area contributed by atoms with Gasteiger partial charge in [-0.3, -0.25) is 4.90 Å². The molecule has 0 bridgehead atoms. The molecule has 6 rings (SSSR count). The molecule has 0 saturated carbocycles. The first kappa shape index (κ1) is 25.3. The second kappa shape index (κ2) is 11.4. The number of rotatable bonds is 6. The molecule has 39 heavy (non-hydrogen) atoms. The summed E-state index contributed by atoms with van der Waals surface area (Å²) in [5.41, 5.74) is 5.24. The van der Waals surface area contributed by atoms with Gasteiger partial charge < -0.3 is 24.8 Å². The summed E-state index contributed by atoms with van der Waals surface area (Å²) in [6.45, 7) is 5.71. The summed E-state index contributed by atoms with van der Waals surface area (Å²) < 4.78 is 11.5. The lowest BCUT2D eigenvalue weighted by molar-refractivity contribution is 0.122. The number of urea groups is 1. The van der Waals surface area contributed by atoms with Gasteiger partial charge in [0.15, 0.2) is 11.6 Å². The van der Waals surface area contributed by atoms with Crippen LogP contribution in [0.15, 0.2) is 59.1 Å². The Morgan fingerprint density at radius 1 is 0.974 bits per heavy atom. The number of benzene rings is 2. The normalized spacial score (nSPS) is 16.9. The first-order valence-electron chi connectivity index (χ1n) is 13.5. The highest BCUT2D eigenvalue weighted by molar-refractivity contribution is 5.90. The lowest BCUT2D eigenvalue weighted by Gasteiger charge is -2.31. The van der Waals surface area contributed by atoms with E-state index in [9.17, 15) is 4.79 Å². The average molecular weight is 528 g/mol. The van der Waals surface area contributed by atoms with Gasteiger partial charge in [-0.25, -0.2) is 14.8 Å². The van der Waals surface area contributed by atoms with Crippen molar-refractivity contribution in [1.29, 1.82) is 0 Å². The SMILES string of the molecule is CNC(=O)Nc1ccc(-c2nc(N3CCOCC3)c3onc(C4CCN(Cc5ccccc5)CC4)c3n2)cc1. The van der Waals surface area contributed by atoms with Gasteiger partial charge in [0.1, 0.15) is 11.2 Å². The number of anilines is 2. The Labute approximate surface area is 227 Å². The van der Waals surface area contributed by atoms with Crippen LogP contribution in [0.2, 0.25) is 0 Å². The van der Waals surface area contributed by atoms with E-state index in [4.69, 9.17) is 19.2 Å². The van der Waals surface area contributed by atoms with Crippen LogP contribution in [0.4, 0.5) is 16.3 Å². The van der Waals surface area contributed by atoms with Crippen LogP contribution in [0.25, 0.3) is 22.5 Å². The molecule has 2 N–H and O–H groups in total. The van der Waals surface area contributed by atoms with Gasteiger partial charge in [0.2, 0.25) is 5.58 Å². The van der Waals surface area contributed by atoms with E-state index in [0.29, 0.717) is 30.3 Å². The van der Waals surface area contributed by atoms with Crippen LogP contribution >= 0.6 is 0 Å². The predicted octanol–water partition coefficient (Wildman–Crippen LogP) is 4.25. The molecular formula is C29H33N7O3. The standard InChI is InChI=1S/C29H33N7O3/c1-30-29(37)31-23-9-7-22(8-10-23)27-32-25-24(34-39-26(25)28(33-27)36-15-17-38-18-16-36)21-11-13-35(14-12-21)19-20-5-3-2-4-6-20/h2-10,21H,11-19H2,1H3,(H2,30,31,37). The zero-order valence-electron chi connectivity index (χ0n) is 22.1. The number of ether oxygens (including phenoxy) is 1. The van der Waals surface area contributed by atoms with Crippen LogP contribution < -0.4 is 15.5 Å². The third kappa shape index (κ3) is 5.57. The molecule has 0 unspecified atom stereocenters. The smallest absolute Gasteiger partial charge is 0.318 e. The monoisotopic (exact) mass is 527 g/mol. The maximum absolute atomic E-state index is 11.7. The van der Waals surface area contributed by atoms with Crippen molar-refractivity contribution in [2.24, 2.45) is 0 Å². The maximum atomic E-state index is 11.7. The Balaban J connectivity index is 1.29. The van der Waals surface area contributed by atoms with E-state index < -0.39 is 0 Å². The van der Waals surface area contributed by atoms with Gasteiger partial charge in [0, 0.05) is 43.9 Å². The predicted molar refractivity (Wildman–Crippen MR) is 150 cm³/mol. The molecular weight excluding hydrogens is 494 g/mol. The third-order valence-corrected chi connectivity index (χ3v) is 7.49. The molecule has 10 nitrogen and oxygen atoms in total. The highest BCUT2D eigenvalue weighted by atomic mass is 16.5. The van der Waals surface area contributed by atoms with Gasteiger partial charge in [-0.1, -0.05) is 35.5 Å². The number of carbonyl (C=O) groups excluding carboxylic acids is 1. The first-order chi connectivity index (χ1) is 19.2. The van der Waals surface area contributed by atoms with Crippen LogP contribution in [-0.2, 0) is 11.3 Å². The van der Waals surface area contributed by atoms with Crippen LogP contribution in [-0.4, -0.2) is 72.5 Å². The van der Waals surface area contributed by atoms with Crippen molar-refractivity contribution < 1.29 is 14.1 Å². The minimum absolute atomic E-state index is 0.265. The largest absolute Gasteiger partial charge is 0.378 e. The fourth-order valence-corrected chi connectivity index (χ4v) is 5.32. The van der Waals surface area contributed by atoms with Gasteiger partial charge >= 0.3 is 6.03 Å². The van der Waals surface area contributed by atoms with E-state index in [-0.39, 0.29) is 11.9 Å². The van der Waals surface area contributed by atoms with Crippen molar-refractivity contribution in [2.75, 3.05) is 56.7 Å². The molecule has 2 aliphatic heterocycles. The Hall–Kier alpha value is -4.02. The summed E-state index contributed by atoms with van der Waals surface area (Å²) in [5.74, 6) is 1.64. The van der Waals surface area contributed by atoms with Crippen molar-refractivity contribution in [3.8, 4) is 11.4 Å². The molecule has 4 aromatic rings. The fraction of sp³-hybridized carbons (Fsp3) is 0.379. The molecule has 0 aliphatic carbocycles. The number of piperidine rings is 1. The number of hydrogen-bond donors (Lipinski definition) is 2. The molecule has 2 fully saturated rings. The Kier molecular flexibility index (Phi) is 7.38. The average Bonchev–Trinajstić information content (AvgIpc) is 3.42. The molecule has 202 valence electrons. The number of aromatic nitrogens is 3. The Bertz CT molecular complexity index is 1410. The number of hydrogen-bond acceptors (Lipinski definition) is 8. The van der Waals surface area contributed by atoms with E-state index >= 15 is 0 Å². The Morgan fingerprint density at radius 2 is 1.72 bits per heavy atom. The summed E-state index contributed by atoms with van der Waals surface area (Å²) in [6.07, 6.45) is 2.00. The van der Waals surface area contributed by atoms with Crippen LogP contribution in [0.5, 0.6) is 0 Å². The molecule has 0 radical (unpaired) electrons. The van der Waals surface area contributed by atoms with Gasteiger partial charge in [-0.2, -0.15) is 0 Å². The van der Waals surface area contributed by atoms with E-state index in [1.807, 2.05) is 24.3 Å². The quantitative estimate of drug-likeness (QED) is 0.383. The summed E-state index contributed by atoms with van der Waals surface area (Å²) in [5, 5.41) is 9.92. The maximum Gasteiger partial charge on any atom is 0.318 e. The number of morpholine rings is 1. The van der Waals surface area contributed by atoms with E-state index in [1.165, 1.54) is 5.56 Å². The topological polar surface area (TPSA) is 109 Å². The van der Waals surface area contributed by atoms with E-state index in [1.54, 1.807) is 7.05 Å². The highest BCUT2D eigenvalue weighted by Crippen LogP contribution is 2.36. The molecule has 0 atom stereocenters. The summed E-state index contributed by atoms with van der Waals surface area (Å²) >= 11 is 0. The Morgan fingerprint density at radius 3 is 2.44 bits per heavy atom. The van der Waals surface area contributed by atoms with Crippen molar-refractivity contribution in [3.05, 3.63) is 65.9 Å². The minimum Gasteiger partial charge on any atom is -0.378 e. The minimum atomic E-state index is -0.265. The first-order valence-corrected chi connectivity index (χ1v) is 13.5. The molecule has 2 aromatic heterocycles. The third-order valence-electron chi connectivity index (χ3n) is 7.49. The number of nitrogens with zero attached hydrogens (tertiary/aromatic N) is 5. The van der Waals surface area contributed by atoms with Gasteiger partial charge in [-0.15, -0.1) is 0 Å². The van der Waals surface area contributed by atoms with Crippen LogP contribution in [0.1, 0.15) is 30.0 Å². The van der Waals surface area contributed by atoms with Crippen molar-refractivity contribution in [1.82, 2.24) is 25.3 Å². The van der Waals surface area contributed by atoms with Crippen LogP contribution in [0, 0.1) is 0 Å². The zero-order chi connectivity index (χ0) is 26.6. The lowest BCUT2D eigenvalue weighted by Crippen LogP contribution is -2.37. The number of nitrogens with one attached hydrogen (secondary N) is 2. The molecule has 2 amide bonds. The number of likely N-dealkylation sites (tertiary alicyclic amines) is 1. The van der Waals surface area contributed by atoms with Gasteiger partial charge in [0.05, 0.1) is 13.2 Å². The molecule has 10 heteroatoms. The molecule has 2 saturated heterocycles. The lowest BCUT2D eigenvalue weighted by atomic mass is 9.92. The van der Waals surface area contributed by atoms with Crippen molar-refractivity contribution in [2.45, 2.75) is 25.3 Å². The number of amides is 2. The number of fused-ring (bicyclic) bond motifs is 1. The summed E-state index contributed by atoms with van der Waals surface area (Å²) in [6, 6.07) is 17.9. The molecule has 2 aliphatic rings. The van der Waals surface area contributed by atoms with E-state index in [0.717, 1.165) is 68.2 Å². The zero-order valence-corrected chi connectivity index (χ0v) is 22.1. The fourth-order valence-electron chi connectivity index (χ4n) is 5.32. The van der Waals surface area contributed by atoms with Gasteiger partial charge in [-0.05, 0) is 55.8 Å². The van der Waals surface area contributed by atoms with Gasteiger partial charge in [0.25, 0.3) is 0 Å². The van der Waals surface area contributed by atoms with Crippen molar-refractivity contribution >= 4 is 28.6 Å². The summed E-state index contributed by atoms with van der Waals surface area (Å²) in [4.78, 5) is 26.3. The molecule has 2 aromatic carbocycles. The second-order valence-corrected chi connectivity index (χ2v) is 10.0. The second-order valence-electron chi connectivity index (χ2n) is 10.0. The number of carbonyl (C=O) groups is 1. The van der Waals surface area contributed by atoms with E-state index in [2.05, 4.69) is 55.9 Å². The highest BCUT2D eigenvalue weighted by Gasteiger charge is 2.29. The van der Waals surface area contributed by atoms with Crippen LogP contribution in [0.3, 0.4) is 0 Å².